The molecule has 0 aromatic heterocycles. The number of para-hydroxylation sites is 1. The van der Waals surface area contributed by atoms with E-state index in [0.29, 0.717) is 18.4 Å². The second-order valence-electron chi connectivity index (χ2n) is 5.47. The molecule has 0 N–H and O–H groups in total. The molecule has 1 aromatic rings. The molecule has 0 spiro atoms. The summed E-state index contributed by atoms with van der Waals surface area (Å²) in [4.78, 5) is 2.73. The molecule has 2 unspecified atom stereocenters. The molecule has 1 saturated carbocycles. The lowest BCUT2D eigenvalue weighted by molar-refractivity contribution is 0.214. The molecular formula is C14H19NO3S. The molecule has 2 aliphatic rings. The van der Waals surface area contributed by atoms with Gasteiger partial charge in [-0.1, -0.05) is 18.6 Å². The van der Waals surface area contributed by atoms with Crippen molar-refractivity contribution in [2.75, 3.05) is 19.4 Å². The van der Waals surface area contributed by atoms with Crippen LogP contribution in [0.4, 0.5) is 0 Å². The van der Waals surface area contributed by atoms with Crippen LogP contribution in [-0.4, -0.2) is 44.8 Å². The molecule has 2 atom stereocenters. The third-order valence-electron chi connectivity index (χ3n) is 3.98. The van der Waals surface area contributed by atoms with Gasteiger partial charge in [0.25, 0.3) is 0 Å². The smallest absolute Gasteiger partial charge is 0.179 e. The number of rotatable bonds is 5. The molecule has 1 aliphatic heterocycles. The largest absolute Gasteiger partial charge is 0.491 e. The van der Waals surface area contributed by atoms with Gasteiger partial charge in [0.05, 0.1) is 6.04 Å². The van der Waals surface area contributed by atoms with E-state index in [1.807, 2.05) is 0 Å². The minimum absolute atomic E-state index is 0.283. The Kier molecular flexibility index (Phi) is 3.27. The molecule has 4 nitrogen and oxygen atoms in total. The number of sulfone groups is 1. The number of hydrogen-bond acceptors (Lipinski definition) is 4. The first-order valence-corrected chi connectivity index (χ1v) is 8.62. The summed E-state index contributed by atoms with van der Waals surface area (Å²) >= 11 is 0. The third-order valence-corrected chi connectivity index (χ3v) is 5.12. The second kappa shape index (κ2) is 4.80. The van der Waals surface area contributed by atoms with E-state index in [9.17, 15) is 8.42 Å². The lowest BCUT2D eigenvalue weighted by Gasteiger charge is -2.27. The Morgan fingerprint density at radius 2 is 2.05 bits per heavy atom. The zero-order valence-electron chi connectivity index (χ0n) is 11.1. The van der Waals surface area contributed by atoms with Gasteiger partial charge in [-0.3, -0.25) is 4.90 Å². The molecular weight excluding hydrogens is 262 g/mol. The molecule has 0 bridgehead atoms. The van der Waals surface area contributed by atoms with E-state index in [-0.39, 0.29) is 4.90 Å². The molecule has 104 valence electrons. The summed E-state index contributed by atoms with van der Waals surface area (Å²) in [5.41, 5.74) is 0. The summed E-state index contributed by atoms with van der Waals surface area (Å²) < 4.78 is 29.0. The molecule has 3 rings (SSSR count). The van der Waals surface area contributed by atoms with Gasteiger partial charge in [0.2, 0.25) is 0 Å². The minimum Gasteiger partial charge on any atom is -0.491 e. The van der Waals surface area contributed by atoms with E-state index in [4.69, 9.17) is 4.74 Å². The van der Waals surface area contributed by atoms with Crippen LogP contribution in [0.5, 0.6) is 5.75 Å². The van der Waals surface area contributed by atoms with Crippen molar-refractivity contribution in [2.45, 2.75) is 36.2 Å². The number of ether oxygens (including phenoxy) is 1. The van der Waals surface area contributed by atoms with Crippen molar-refractivity contribution in [1.82, 2.24) is 4.90 Å². The number of benzene rings is 1. The number of nitrogens with zero attached hydrogens (tertiary/aromatic N) is 1. The fraction of sp³-hybridized carbons (Fsp3) is 0.571. The van der Waals surface area contributed by atoms with E-state index >= 15 is 0 Å². The monoisotopic (exact) mass is 281 g/mol. The lowest BCUT2D eigenvalue weighted by Crippen LogP contribution is -2.29. The Morgan fingerprint density at radius 1 is 1.32 bits per heavy atom. The summed E-state index contributed by atoms with van der Waals surface area (Å²) in [6.45, 7) is 1.68. The fourth-order valence-corrected chi connectivity index (χ4v) is 3.39. The van der Waals surface area contributed by atoms with Crippen LogP contribution in [0.15, 0.2) is 29.2 Å². The summed E-state index contributed by atoms with van der Waals surface area (Å²) in [5, 5.41) is 0. The summed E-state index contributed by atoms with van der Waals surface area (Å²) in [6.07, 6.45) is 5.16. The molecule has 0 radical (unpaired) electrons. The Morgan fingerprint density at radius 3 is 2.68 bits per heavy atom. The van der Waals surface area contributed by atoms with Crippen molar-refractivity contribution in [2.24, 2.45) is 0 Å². The van der Waals surface area contributed by atoms with Crippen molar-refractivity contribution in [3.8, 4) is 5.75 Å². The van der Waals surface area contributed by atoms with E-state index in [1.54, 1.807) is 24.3 Å². The highest BCUT2D eigenvalue weighted by atomic mass is 32.2. The quantitative estimate of drug-likeness (QED) is 0.771. The highest BCUT2D eigenvalue weighted by Crippen LogP contribution is 2.34. The maximum absolute atomic E-state index is 11.7. The van der Waals surface area contributed by atoms with Gasteiger partial charge in [-0.05, 0) is 25.0 Å². The van der Waals surface area contributed by atoms with Crippen molar-refractivity contribution in [1.29, 1.82) is 0 Å². The summed E-state index contributed by atoms with van der Waals surface area (Å²) in [6, 6.07) is 8.08. The van der Waals surface area contributed by atoms with Crippen LogP contribution in [-0.2, 0) is 9.84 Å². The van der Waals surface area contributed by atoms with Gasteiger partial charge >= 0.3 is 0 Å². The van der Waals surface area contributed by atoms with Gasteiger partial charge in [-0.25, -0.2) is 8.42 Å². The topological polar surface area (TPSA) is 46.4 Å². The molecule has 5 heteroatoms. The lowest BCUT2D eigenvalue weighted by atomic mass is 9.93. The summed E-state index contributed by atoms with van der Waals surface area (Å²) in [7, 11) is -3.22. The Bertz CT molecular complexity index is 566. The Labute approximate surface area is 114 Å². The number of hydrogen-bond donors (Lipinski definition) is 0. The van der Waals surface area contributed by atoms with Gasteiger partial charge < -0.3 is 4.74 Å². The maximum atomic E-state index is 11.7. The van der Waals surface area contributed by atoms with Gasteiger partial charge in [0, 0.05) is 18.8 Å². The van der Waals surface area contributed by atoms with Crippen molar-refractivity contribution in [3.63, 3.8) is 0 Å². The Balaban J connectivity index is 1.61. The first kappa shape index (κ1) is 12.9. The van der Waals surface area contributed by atoms with Crippen LogP contribution in [0, 0.1) is 0 Å². The molecule has 1 aliphatic carbocycles. The first-order valence-electron chi connectivity index (χ1n) is 6.73. The summed E-state index contributed by atoms with van der Waals surface area (Å²) in [5.74, 6) is 0.477. The predicted octanol–water partition coefficient (Wildman–Crippen LogP) is 1.71. The van der Waals surface area contributed by atoms with Gasteiger partial charge in [0.15, 0.2) is 9.84 Å². The van der Waals surface area contributed by atoms with E-state index in [2.05, 4.69) is 4.90 Å². The molecule has 0 amide bonds. The van der Waals surface area contributed by atoms with Gasteiger partial charge in [0.1, 0.15) is 17.3 Å². The van der Waals surface area contributed by atoms with E-state index in [1.165, 1.54) is 25.5 Å². The average molecular weight is 281 g/mol. The van der Waals surface area contributed by atoms with Crippen LogP contribution >= 0.6 is 0 Å². The average Bonchev–Trinajstić information content (AvgIpc) is 3.02. The van der Waals surface area contributed by atoms with E-state index in [0.717, 1.165) is 12.6 Å². The zero-order chi connectivity index (χ0) is 13.5. The van der Waals surface area contributed by atoms with Gasteiger partial charge in [-0.2, -0.15) is 0 Å². The highest BCUT2D eigenvalue weighted by molar-refractivity contribution is 7.90. The predicted molar refractivity (Wildman–Crippen MR) is 73.2 cm³/mol. The third kappa shape index (κ3) is 2.77. The van der Waals surface area contributed by atoms with Crippen molar-refractivity contribution >= 4 is 9.84 Å². The second-order valence-corrected chi connectivity index (χ2v) is 7.45. The molecule has 1 heterocycles. The normalized spacial score (nSPS) is 26.8. The van der Waals surface area contributed by atoms with Gasteiger partial charge in [-0.15, -0.1) is 0 Å². The van der Waals surface area contributed by atoms with E-state index < -0.39 is 9.84 Å². The standard InChI is InChI=1S/C14H19NO3S/c1-19(16,17)14-8-3-2-7-13(14)18-10-12-9-15(12)11-5-4-6-11/h2-3,7-8,11-12H,4-6,9-10H2,1H3. The highest BCUT2D eigenvalue weighted by Gasteiger charge is 2.42. The SMILES string of the molecule is CS(=O)(=O)c1ccccc1OCC1CN1C1CCC1. The van der Waals surface area contributed by atoms with Crippen LogP contribution in [0.2, 0.25) is 0 Å². The zero-order valence-corrected chi connectivity index (χ0v) is 11.9. The molecule has 2 fully saturated rings. The van der Waals surface area contributed by atoms with Crippen LogP contribution in [0.3, 0.4) is 0 Å². The minimum atomic E-state index is -3.22. The van der Waals surface area contributed by atoms with Crippen LogP contribution in [0.1, 0.15) is 19.3 Å². The molecule has 19 heavy (non-hydrogen) atoms. The maximum Gasteiger partial charge on any atom is 0.179 e. The molecule has 1 aromatic carbocycles. The van der Waals surface area contributed by atoms with Crippen LogP contribution in [0.25, 0.3) is 0 Å². The fourth-order valence-electron chi connectivity index (χ4n) is 2.57. The van der Waals surface area contributed by atoms with Crippen molar-refractivity contribution in [3.05, 3.63) is 24.3 Å². The first-order chi connectivity index (χ1) is 9.05. The van der Waals surface area contributed by atoms with Crippen molar-refractivity contribution < 1.29 is 13.2 Å². The molecule has 1 saturated heterocycles. The van der Waals surface area contributed by atoms with Crippen LogP contribution < -0.4 is 4.74 Å². The Hall–Kier alpha value is -1.07.